The maximum atomic E-state index is 9.49. The van der Waals surface area contributed by atoms with Crippen LogP contribution in [0.1, 0.15) is 24.0 Å². The molecule has 0 radical (unpaired) electrons. The molecular weight excluding hydrogens is 174 g/mol. The standard InChI is InChI=1S/C12H17NO/c1-8-6-12(14)9(2)5-11(8)13-7-10-3-4-10/h5-6,10,13-14H,3-4,7H2,1-2H3. The lowest BCUT2D eigenvalue weighted by molar-refractivity contribution is 0.471. The number of phenols is 1. The van der Waals surface area contributed by atoms with Crippen LogP contribution in [0.25, 0.3) is 0 Å². The molecule has 1 fully saturated rings. The van der Waals surface area contributed by atoms with Gasteiger partial charge in [0.25, 0.3) is 0 Å². The van der Waals surface area contributed by atoms with Crippen molar-refractivity contribution in [2.24, 2.45) is 5.92 Å². The van der Waals surface area contributed by atoms with E-state index in [2.05, 4.69) is 5.32 Å². The quantitative estimate of drug-likeness (QED) is 0.720. The smallest absolute Gasteiger partial charge is 0.118 e. The van der Waals surface area contributed by atoms with Crippen LogP contribution in [0, 0.1) is 19.8 Å². The van der Waals surface area contributed by atoms with Crippen LogP contribution in [-0.4, -0.2) is 11.7 Å². The molecule has 1 aliphatic carbocycles. The summed E-state index contributed by atoms with van der Waals surface area (Å²) in [5.41, 5.74) is 3.22. The first-order chi connectivity index (χ1) is 6.66. The molecule has 0 aromatic heterocycles. The summed E-state index contributed by atoms with van der Waals surface area (Å²) >= 11 is 0. The van der Waals surface area contributed by atoms with Crippen LogP contribution >= 0.6 is 0 Å². The normalized spacial score (nSPS) is 15.6. The zero-order valence-electron chi connectivity index (χ0n) is 8.80. The first-order valence-electron chi connectivity index (χ1n) is 5.21. The van der Waals surface area contributed by atoms with E-state index in [4.69, 9.17) is 0 Å². The summed E-state index contributed by atoms with van der Waals surface area (Å²) in [4.78, 5) is 0. The van der Waals surface area contributed by atoms with Gasteiger partial charge in [0.15, 0.2) is 0 Å². The zero-order valence-corrected chi connectivity index (χ0v) is 8.80. The molecule has 2 N–H and O–H groups in total. The Morgan fingerprint density at radius 2 is 2.00 bits per heavy atom. The van der Waals surface area contributed by atoms with E-state index < -0.39 is 0 Å². The summed E-state index contributed by atoms with van der Waals surface area (Å²) in [6.45, 7) is 5.02. The Morgan fingerprint density at radius 3 is 2.64 bits per heavy atom. The van der Waals surface area contributed by atoms with E-state index >= 15 is 0 Å². The van der Waals surface area contributed by atoms with E-state index in [0.29, 0.717) is 5.75 Å². The maximum Gasteiger partial charge on any atom is 0.118 e. The van der Waals surface area contributed by atoms with Gasteiger partial charge < -0.3 is 10.4 Å². The Kier molecular flexibility index (Phi) is 2.36. The highest BCUT2D eigenvalue weighted by Crippen LogP contribution is 2.30. The topological polar surface area (TPSA) is 32.3 Å². The van der Waals surface area contributed by atoms with Crippen molar-refractivity contribution in [1.82, 2.24) is 0 Å². The molecule has 0 unspecified atom stereocenters. The van der Waals surface area contributed by atoms with E-state index in [1.165, 1.54) is 12.8 Å². The van der Waals surface area contributed by atoms with Gasteiger partial charge in [-0.05, 0) is 55.9 Å². The molecule has 0 spiro atoms. The predicted molar refractivity (Wildman–Crippen MR) is 58.8 cm³/mol. The van der Waals surface area contributed by atoms with Gasteiger partial charge in [0.2, 0.25) is 0 Å². The molecule has 2 nitrogen and oxygen atoms in total. The monoisotopic (exact) mass is 191 g/mol. The molecule has 2 heteroatoms. The summed E-state index contributed by atoms with van der Waals surface area (Å²) in [6.07, 6.45) is 2.73. The number of nitrogens with one attached hydrogen (secondary N) is 1. The second-order valence-corrected chi connectivity index (χ2v) is 4.28. The summed E-state index contributed by atoms with van der Waals surface area (Å²) in [5, 5.41) is 12.9. The van der Waals surface area contributed by atoms with Crippen molar-refractivity contribution in [3.05, 3.63) is 23.3 Å². The van der Waals surface area contributed by atoms with Gasteiger partial charge >= 0.3 is 0 Å². The molecule has 0 amide bonds. The lowest BCUT2D eigenvalue weighted by Gasteiger charge is -2.10. The first-order valence-corrected chi connectivity index (χ1v) is 5.21. The lowest BCUT2D eigenvalue weighted by Crippen LogP contribution is -2.04. The van der Waals surface area contributed by atoms with E-state index in [0.717, 1.165) is 29.3 Å². The van der Waals surface area contributed by atoms with Crippen molar-refractivity contribution >= 4 is 5.69 Å². The van der Waals surface area contributed by atoms with Gasteiger partial charge in [-0.25, -0.2) is 0 Å². The Morgan fingerprint density at radius 1 is 1.29 bits per heavy atom. The van der Waals surface area contributed by atoms with Crippen LogP contribution in [0.15, 0.2) is 12.1 Å². The molecule has 0 atom stereocenters. The molecule has 0 saturated heterocycles. The van der Waals surface area contributed by atoms with E-state index in [9.17, 15) is 5.11 Å². The fourth-order valence-corrected chi connectivity index (χ4v) is 1.57. The maximum absolute atomic E-state index is 9.49. The third-order valence-corrected chi connectivity index (χ3v) is 2.82. The molecule has 0 heterocycles. The minimum atomic E-state index is 0.388. The minimum Gasteiger partial charge on any atom is -0.508 e. The molecule has 1 aromatic rings. The fraction of sp³-hybridized carbons (Fsp3) is 0.500. The van der Waals surface area contributed by atoms with E-state index in [1.807, 2.05) is 26.0 Å². The highest BCUT2D eigenvalue weighted by molar-refractivity contribution is 5.56. The number of hydrogen-bond donors (Lipinski definition) is 2. The van der Waals surface area contributed by atoms with Crippen molar-refractivity contribution < 1.29 is 5.11 Å². The molecule has 14 heavy (non-hydrogen) atoms. The van der Waals surface area contributed by atoms with Crippen LogP contribution in [0.2, 0.25) is 0 Å². The van der Waals surface area contributed by atoms with Crippen molar-refractivity contribution in [2.75, 3.05) is 11.9 Å². The number of aryl methyl sites for hydroxylation is 2. The van der Waals surface area contributed by atoms with Gasteiger partial charge in [-0.2, -0.15) is 0 Å². The average molecular weight is 191 g/mol. The summed E-state index contributed by atoms with van der Waals surface area (Å²) in [5.74, 6) is 1.27. The largest absolute Gasteiger partial charge is 0.508 e. The predicted octanol–water partition coefficient (Wildman–Crippen LogP) is 2.83. The van der Waals surface area contributed by atoms with Crippen LogP contribution in [0.3, 0.4) is 0 Å². The van der Waals surface area contributed by atoms with Crippen molar-refractivity contribution in [3.8, 4) is 5.75 Å². The summed E-state index contributed by atoms with van der Waals surface area (Å²) in [6, 6.07) is 3.84. The number of aromatic hydroxyl groups is 1. The van der Waals surface area contributed by atoms with E-state index in [-0.39, 0.29) is 0 Å². The highest BCUT2D eigenvalue weighted by atomic mass is 16.3. The van der Waals surface area contributed by atoms with E-state index in [1.54, 1.807) is 0 Å². The third-order valence-electron chi connectivity index (χ3n) is 2.82. The van der Waals surface area contributed by atoms with Crippen LogP contribution in [0.4, 0.5) is 5.69 Å². The van der Waals surface area contributed by atoms with Crippen LogP contribution in [-0.2, 0) is 0 Å². The van der Waals surface area contributed by atoms with Crippen molar-refractivity contribution in [3.63, 3.8) is 0 Å². The molecule has 1 aliphatic rings. The van der Waals surface area contributed by atoms with Crippen molar-refractivity contribution in [1.29, 1.82) is 0 Å². The first kappa shape index (κ1) is 9.38. The van der Waals surface area contributed by atoms with Gasteiger partial charge in [-0.3, -0.25) is 0 Å². The minimum absolute atomic E-state index is 0.388. The summed E-state index contributed by atoms with van der Waals surface area (Å²) in [7, 11) is 0. The fourth-order valence-electron chi connectivity index (χ4n) is 1.57. The number of hydrogen-bond acceptors (Lipinski definition) is 2. The molecule has 1 aromatic carbocycles. The molecule has 0 aliphatic heterocycles. The highest BCUT2D eigenvalue weighted by Gasteiger charge is 2.20. The number of anilines is 1. The zero-order chi connectivity index (χ0) is 10.1. The second kappa shape index (κ2) is 3.52. The molecule has 76 valence electrons. The van der Waals surface area contributed by atoms with Gasteiger partial charge in [0.1, 0.15) is 5.75 Å². The number of benzene rings is 1. The molecule has 0 bridgehead atoms. The molecule has 1 saturated carbocycles. The Balaban J connectivity index is 2.10. The second-order valence-electron chi connectivity index (χ2n) is 4.28. The lowest BCUT2D eigenvalue weighted by atomic mass is 10.1. The van der Waals surface area contributed by atoms with Gasteiger partial charge in [0, 0.05) is 12.2 Å². The van der Waals surface area contributed by atoms with Gasteiger partial charge in [-0.1, -0.05) is 0 Å². The summed E-state index contributed by atoms with van der Waals surface area (Å²) < 4.78 is 0. The van der Waals surface area contributed by atoms with Crippen LogP contribution in [0.5, 0.6) is 5.75 Å². The Hall–Kier alpha value is -1.18. The SMILES string of the molecule is Cc1cc(NCC2CC2)c(C)cc1O. The third kappa shape index (κ3) is 2.00. The van der Waals surface area contributed by atoms with Crippen LogP contribution < -0.4 is 5.32 Å². The Labute approximate surface area is 85.0 Å². The Bertz CT molecular complexity index is 342. The number of phenolic OH excluding ortho intramolecular Hbond substituents is 1. The number of rotatable bonds is 3. The molecule has 2 rings (SSSR count). The van der Waals surface area contributed by atoms with Crippen molar-refractivity contribution in [2.45, 2.75) is 26.7 Å². The molecular formula is C12H17NO. The van der Waals surface area contributed by atoms with Gasteiger partial charge in [0.05, 0.1) is 0 Å². The van der Waals surface area contributed by atoms with Gasteiger partial charge in [-0.15, -0.1) is 0 Å². The average Bonchev–Trinajstić information content (AvgIpc) is 2.92.